The average molecular weight is 313 g/mol. The highest BCUT2D eigenvalue weighted by Gasteiger charge is 2.23. The molecule has 0 heterocycles. The number of hydrogen-bond acceptors (Lipinski definition) is 1. The summed E-state index contributed by atoms with van der Waals surface area (Å²) < 4.78 is 0. The molecule has 1 aliphatic rings. The first-order chi connectivity index (χ1) is 11.6. The van der Waals surface area contributed by atoms with Gasteiger partial charge in [-0.15, -0.1) is 0 Å². The van der Waals surface area contributed by atoms with E-state index in [2.05, 4.69) is 105 Å². The molecule has 0 amide bonds. The van der Waals surface area contributed by atoms with Crippen molar-refractivity contribution >= 4 is 5.57 Å². The molecule has 1 aliphatic carbocycles. The van der Waals surface area contributed by atoms with Crippen molar-refractivity contribution in [2.24, 2.45) is 0 Å². The molecule has 1 heteroatoms. The first kappa shape index (κ1) is 16.1. The van der Waals surface area contributed by atoms with E-state index in [1.54, 1.807) is 6.20 Å². The molecule has 0 unspecified atom stereocenters. The van der Waals surface area contributed by atoms with Gasteiger partial charge in [0.05, 0.1) is 5.54 Å². The van der Waals surface area contributed by atoms with Crippen molar-refractivity contribution in [3.05, 3.63) is 114 Å². The topological polar surface area (TPSA) is 12.0 Å². The fraction of sp³-hybridized carbons (Fsp3) is 0.130. The van der Waals surface area contributed by atoms with E-state index in [1.807, 2.05) is 0 Å². The first-order valence-electron chi connectivity index (χ1n) is 8.26. The monoisotopic (exact) mass is 313 g/mol. The minimum Gasteiger partial charge on any atom is -0.382 e. The summed E-state index contributed by atoms with van der Waals surface area (Å²) in [5.41, 5.74) is 6.07. The van der Waals surface area contributed by atoms with E-state index < -0.39 is 0 Å². The highest BCUT2D eigenvalue weighted by Crippen LogP contribution is 2.34. The van der Waals surface area contributed by atoms with Crippen molar-refractivity contribution in [1.82, 2.24) is 5.32 Å². The molecule has 0 bridgehead atoms. The van der Waals surface area contributed by atoms with Gasteiger partial charge >= 0.3 is 0 Å². The number of rotatable bonds is 5. The third-order valence-corrected chi connectivity index (χ3v) is 4.35. The number of allylic oxidation sites excluding steroid dienone is 3. The quantitative estimate of drug-likeness (QED) is 0.769. The van der Waals surface area contributed by atoms with Gasteiger partial charge in [-0.2, -0.15) is 0 Å². The summed E-state index contributed by atoms with van der Waals surface area (Å²) in [5, 5.41) is 3.32. The largest absolute Gasteiger partial charge is 0.382 e. The van der Waals surface area contributed by atoms with Gasteiger partial charge in [0.2, 0.25) is 0 Å². The Labute approximate surface area is 144 Å². The molecule has 1 N–H and O–H groups in total. The molecule has 24 heavy (non-hydrogen) atoms. The minimum atomic E-state index is -0.140. The summed E-state index contributed by atoms with van der Waals surface area (Å²) >= 11 is 0. The maximum absolute atomic E-state index is 3.79. The molecule has 120 valence electrons. The molecule has 0 radical (unpaired) electrons. The van der Waals surface area contributed by atoms with Gasteiger partial charge < -0.3 is 5.32 Å². The van der Waals surface area contributed by atoms with Crippen LogP contribution >= 0.6 is 0 Å². The van der Waals surface area contributed by atoms with Crippen molar-refractivity contribution < 1.29 is 0 Å². The van der Waals surface area contributed by atoms with E-state index in [-0.39, 0.29) is 5.54 Å². The van der Waals surface area contributed by atoms with Crippen molar-refractivity contribution in [3.8, 4) is 0 Å². The minimum absolute atomic E-state index is 0.140. The molecule has 2 aromatic carbocycles. The lowest BCUT2D eigenvalue weighted by Crippen LogP contribution is -2.36. The highest BCUT2D eigenvalue weighted by atomic mass is 14.9. The fourth-order valence-electron chi connectivity index (χ4n) is 3.04. The predicted molar refractivity (Wildman–Crippen MR) is 104 cm³/mol. The molecular formula is C23H23N. The second-order valence-corrected chi connectivity index (χ2v) is 6.47. The SMILES string of the molecule is C=CNC(C)(C)C1=CC(=C(c2ccccc2)c2ccccc2)C=C1. The second-order valence-electron chi connectivity index (χ2n) is 6.47. The normalized spacial score (nSPS) is 13.6. The summed E-state index contributed by atoms with van der Waals surface area (Å²) in [7, 11) is 0. The Balaban J connectivity index is 2.14. The summed E-state index contributed by atoms with van der Waals surface area (Å²) in [5.74, 6) is 0. The van der Waals surface area contributed by atoms with Crippen molar-refractivity contribution in [2.75, 3.05) is 0 Å². The third-order valence-electron chi connectivity index (χ3n) is 4.35. The number of nitrogens with one attached hydrogen (secondary N) is 1. The van der Waals surface area contributed by atoms with Crippen LogP contribution in [0.5, 0.6) is 0 Å². The Morgan fingerprint density at radius 1 is 0.875 bits per heavy atom. The van der Waals surface area contributed by atoms with Crippen LogP contribution in [0.25, 0.3) is 5.57 Å². The molecule has 0 aromatic heterocycles. The zero-order chi connectivity index (χ0) is 17.0. The Morgan fingerprint density at radius 2 is 1.42 bits per heavy atom. The zero-order valence-electron chi connectivity index (χ0n) is 14.3. The standard InChI is InChI=1S/C23H23N/c1-4-24-23(2,3)21-16-15-20(17-21)22(18-11-7-5-8-12-18)19-13-9-6-10-14-19/h4-17,24H,1H2,2-3H3. The molecule has 3 rings (SSSR count). The van der Waals surface area contributed by atoms with Crippen molar-refractivity contribution in [2.45, 2.75) is 19.4 Å². The molecule has 0 atom stereocenters. The second kappa shape index (κ2) is 6.76. The summed E-state index contributed by atoms with van der Waals surface area (Å²) in [6.45, 7) is 8.12. The van der Waals surface area contributed by atoms with Gasteiger partial charge in [0.15, 0.2) is 0 Å². The highest BCUT2D eigenvalue weighted by molar-refractivity contribution is 5.86. The Hall–Kier alpha value is -2.80. The lowest BCUT2D eigenvalue weighted by Gasteiger charge is -2.25. The van der Waals surface area contributed by atoms with Crippen LogP contribution in [0.15, 0.2) is 103 Å². The molecule has 0 spiro atoms. The maximum Gasteiger partial charge on any atom is 0.0563 e. The average Bonchev–Trinajstić information content (AvgIpc) is 3.08. The number of hydrogen-bond donors (Lipinski definition) is 1. The lowest BCUT2D eigenvalue weighted by molar-refractivity contribution is 0.532. The van der Waals surface area contributed by atoms with Crippen LogP contribution in [0.3, 0.4) is 0 Å². The summed E-state index contributed by atoms with van der Waals surface area (Å²) in [6.07, 6.45) is 8.42. The van der Waals surface area contributed by atoms with E-state index in [1.165, 1.54) is 27.8 Å². The van der Waals surface area contributed by atoms with E-state index in [9.17, 15) is 0 Å². The molecule has 0 saturated carbocycles. The van der Waals surface area contributed by atoms with Crippen LogP contribution in [0.2, 0.25) is 0 Å². The van der Waals surface area contributed by atoms with E-state index in [0.717, 1.165) is 0 Å². The van der Waals surface area contributed by atoms with Gasteiger partial charge in [-0.25, -0.2) is 0 Å². The smallest absolute Gasteiger partial charge is 0.0563 e. The molecule has 1 nitrogen and oxygen atoms in total. The van der Waals surface area contributed by atoms with Crippen LogP contribution in [-0.2, 0) is 0 Å². The third kappa shape index (κ3) is 3.26. The summed E-state index contributed by atoms with van der Waals surface area (Å²) in [6, 6.07) is 21.1. The Bertz CT molecular complexity index is 764. The van der Waals surface area contributed by atoms with E-state index >= 15 is 0 Å². The molecule has 0 saturated heterocycles. The molecule has 0 fully saturated rings. The van der Waals surface area contributed by atoms with Crippen molar-refractivity contribution in [3.63, 3.8) is 0 Å². The van der Waals surface area contributed by atoms with Crippen molar-refractivity contribution in [1.29, 1.82) is 0 Å². The Kier molecular flexibility index (Phi) is 4.52. The van der Waals surface area contributed by atoms with Crippen LogP contribution in [-0.4, -0.2) is 5.54 Å². The summed E-state index contributed by atoms with van der Waals surface area (Å²) in [4.78, 5) is 0. The molecule has 2 aromatic rings. The van der Waals surface area contributed by atoms with Gasteiger partial charge in [0, 0.05) is 0 Å². The first-order valence-corrected chi connectivity index (χ1v) is 8.26. The van der Waals surface area contributed by atoms with Gasteiger partial charge in [-0.05, 0) is 54.0 Å². The van der Waals surface area contributed by atoms with Gasteiger partial charge in [0.1, 0.15) is 0 Å². The predicted octanol–water partition coefficient (Wildman–Crippen LogP) is 5.50. The fourth-order valence-corrected chi connectivity index (χ4v) is 3.04. The zero-order valence-corrected chi connectivity index (χ0v) is 14.3. The molecular weight excluding hydrogens is 290 g/mol. The van der Waals surface area contributed by atoms with E-state index in [4.69, 9.17) is 0 Å². The lowest BCUT2D eigenvalue weighted by atomic mass is 9.92. The van der Waals surface area contributed by atoms with Gasteiger partial charge in [-0.3, -0.25) is 0 Å². The number of benzene rings is 2. The van der Waals surface area contributed by atoms with Crippen LogP contribution in [0.1, 0.15) is 25.0 Å². The molecule has 0 aliphatic heterocycles. The Morgan fingerprint density at radius 3 is 1.92 bits per heavy atom. The van der Waals surface area contributed by atoms with Crippen LogP contribution in [0, 0.1) is 0 Å². The van der Waals surface area contributed by atoms with Crippen LogP contribution < -0.4 is 5.32 Å². The van der Waals surface area contributed by atoms with Crippen LogP contribution in [0.4, 0.5) is 0 Å². The maximum atomic E-state index is 3.79. The van der Waals surface area contributed by atoms with Gasteiger partial charge in [0.25, 0.3) is 0 Å². The van der Waals surface area contributed by atoms with Gasteiger partial charge in [-0.1, -0.05) is 79.4 Å². The van der Waals surface area contributed by atoms with E-state index in [0.29, 0.717) is 0 Å².